The van der Waals surface area contributed by atoms with Crippen LogP contribution in [0, 0.1) is 5.92 Å². The van der Waals surface area contributed by atoms with Gasteiger partial charge in [-0.2, -0.15) is 0 Å². The van der Waals surface area contributed by atoms with Gasteiger partial charge >= 0.3 is 0 Å². The first-order valence-corrected chi connectivity index (χ1v) is 5.94. The molecular weight excluding hydrogens is 252 g/mol. The van der Waals surface area contributed by atoms with Crippen LogP contribution in [0.15, 0.2) is 29.4 Å². The quantitative estimate of drug-likeness (QED) is 0.857. The second-order valence-corrected chi connectivity index (χ2v) is 4.37. The van der Waals surface area contributed by atoms with E-state index in [2.05, 4.69) is 6.58 Å². The van der Waals surface area contributed by atoms with Gasteiger partial charge in [-0.05, 0) is 24.8 Å². The second kappa shape index (κ2) is 6.61. The fourth-order valence-electron chi connectivity index (χ4n) is 2.12. The number of hydrogen-bond acceptors (Lipinski definition) is 3. The van der Waals surface area contributed by atoms with Crippen molar-refractivity contribution in [2.75, 3.05) is 13.1 Å². The van der Waals surface area contributed by atoms with Gasteiger partial charge in [-0.15, -0.1) is 19.0 Å². The predicted molar refractivity (Wildman–Crippen MR) is 72.7 cm³/mol. The maximum atomic E-state index is 12.1. The monoisotopic (exact) mass is 270 g/mol. The number of piperidine rings is 1. The summed E-state index contributed by atoms with van der Waals surface area (Å²) >= 11 is 0. The molecule has 1 aliphatic rings. The molecule has 1 aromatic rings. The molecule has 1 fully saturated rings. The van der Waals surface area contributed by atoms with Gasteiger partial charge in [-0.1, -0.05) is 6.08 Å². The van der Waals surface area contributed by atoms with Crippen molar-refractivity contribution >= 4 is 18.3 Å². The number of amides is 1. The van der Waals surface area contributed by atoms with Crippen LogP contribution in [-0.4, -0.2) is 23.9 Å². The summed E-state index contributed by atoms with van der Waals surface area (Å²) < 4.78 is 5.18. The Morgan fingerprint density at radius 2 is 2.22 bits per heavy atom. The number of hydrogen-bond donors (Lipinski definition) is 1. The number of rotatable bonds is 3. The summed E-state index contributed by atoms with van der Waals surface area (Å²) in [5, 5.41) is 0. The average Bonchev–Trinajstić information content (AvgIpc) is 2.87. The van der Waals surface area contributed by atoms with E-state index in [1.165, 1.54) is 6.26 Å². The maximum absolute atomic E-state index is 12.1. The summed E-state index contributed by atoms with van der Waals surface area (Å²) in [5.41, 5.74) is 6.05. The van der Waals surface area contributed by atoms with Crippen LogP contribution < -0.4 is 5.73 Å². The highest BCUT2D eigenvalue weighted by molar-refractivity contribution is 5.94. The first kappa shape index (κ1) is 14.8. The van der Waals surface area contributed by atoms with Crippen LogP contribution in [0.3, 0.4) is 0 Å². The normalized spacial score (nSPS) is 16.2. The maximum Gasteiger partial charge on any atom is 0.257 e. The molecule has 1 aliphatic heterocycles. The smallest absolute Gasteiger partial charge is 0.257 e. The van der Waals surface area contributed by atoms with E-state index in [-0.39, 0.29) is 18.3 Å². The lowest BCUT2D eigenvalue weighted by atomic mass is 9.97. The standard InChI is InChI=1S/C13H18N2O2.ClH/c1-2-10-3-5-15(6-4-10)13(16)11-7-12(8-14)17-9-11;/h2,7,9-10H,1,3-6,8,14H2;1H. The Balaban J connectivity index is 0.00000162. The minimum Gasteiger partial charge on any atom is -0.467 e. The number of furan rings is 1. The van der Waals surface area contributed by atoms with Gasteiger partial charge in [0.15, 0.2) is 0 Å². The van der Waals surface area contributed by atoms with Gasteiger partial charge < -0.3 is 15.1 Å². The Hall–Kier alpha value is -1.26. The molecule has 0 atom stereocenters. The average molecular weight is 271 g/mol. The molecule has 1 aromatic heterocycles. The molecule has 2 N–H and O–H groups in total. The molecule has 0 aliphatic carbocycles. The van der Waals surface area contributed by atoms with Crippen molar-refractivity contribution in [2.24, 2.45) is 11.7 Å². The molecule has 0 aromatic carbocycles. The summed E-state index contributed by atoms with van der Waals surface area (Å²) in [7, 11) is 0. The van der Waals surface area contributed by atoms with Crippen LogP contribution in [-0.2, 0) is 6.54 Å². The Kier molecular flexibility index (Phi) is 5.44. The first-order chi connectivity index (χ1) is 8.24. The minimum atomic E-state index is 0. The Bertz CT molecular complexity index is 409. The van der Waals surface area contributed by atoms with Crippen molar-refractivity contribution in [3.8, 4) is 0 Å². The third-order valence-corrected chi connectivity index (χ3v) is 3.26. The van der Waals surface area contributed by atoms with Crippen molar-refractivity contribution in [1.29, 1.82) is 0 Å². The van der Waals surface area contributed by atoms with Crippen molar-refractivity contribution in [3.63, 3.8) is 0 Å². The van der Waals surface area contributed by atoms with E-state index in [4.69, 9.17) is 10.2 Å². The third kappa shape index (κ3) is 3.15. The van der Waals surface area contributed by atoms with Crippen LogP contribution in [0.4, 0.5) is 0 Å². The molecule has 4 nitrogen and oxygen atoms in total. The lowest BCUT2D eigenvalue weighted by Gasteiger charge is -2.30. The summed E-state index contributed by atoms with van der Waals surface area (Å²) in [6.45, 7) is 5.70. The molecule has 1 saturated heterocycles. The molecule has 100 valence electrons. The van der Waals surface area contributed by atoms with Crippen LogP contribution >= 0.6 is 12.4 Å². The van der Waals surface area contributed by atoms with E-state index < -0.39 is 0 Å². The van der Waals surface area contributed by atoms with Gasteiger partial charge in [0.1, 0.15) is 12.0 Å². The number of halogens is 1. The zero-order valence-corrected chi connectivity index (χ0v) is 11.1. The van der Waals surface area contributed by atoms with Crippen molar-refractivity contribution in [2.45, 2.75) is 19.4 Å². The van der Waals surface area contributed by atoms with Crippen LogP contribution in [0.5, 0.6) is 0 Å². The Morgan fingerprint density at radius 1 is 1.56 bits per heavy atom. The van der Waals surface area contributed by atoms with E-state index in [0.29, 0.717) is 23.8 Å². The van der Waals surface area contributed by atoms with Gasteiger partial charge in [0.05, 0.1) is 12.1 Å². The van der Waals surface area contributed by atoms with E-state index in [9.17, 15) is 4.79 Å². The fourth-order valence-corrected chi connectivity index (χ4v) is 2.12. The molecule has 0 saturated carbocycles. The largest absolute Gasteiger partial charge is 0.467 e. The summed E-state index contributed by atoms with van der Waals surface area (Å²) in [6.07, 6.45) is 5.46. The Morgan fingerprint density at radius 3 is 2.72 bits per heavy atom. The SMILES string of the molecule is C=CC1CCN(C(=O)c2coc(CN)c2)CC1.Cl. The molecule has 0 spiro atoms. The summed E-state index contributed by atoms with van der Waals surface area (Å²) in [6, 6.07) is 1.72. The number of nitrogens with zero attached hydrogens (tertiary/aromatic N) is 1. The van der Waals surface area contributed by atoms with E-state index in [1.54, 1.807) is 6.07 Å². The van der Waals surface area contributed by atoms with Crippen LogP contribution in [0.1, 0.15) is 29.0 Å². The highest BCUT2D eigenvalue weighted by Gasteiger charge is 2.23. The molecule has 2 rings (SSSR count). The molecule has 0 bridgehead atoms. The lowest BCUT2D eigenvalue weighted by Crippen LogP contribution is -2.37. The van der Waals surface area contributed by atoms with Crippen molar-refractivity contribution < 1.29 is 9.21 Å². The number of allylic oxidation sites excluding steroid dienone is 1. The van der Waals surface area contributed by atoms with Gasteiger partial charge in [0.2, 0.25) is 0 Å². The number of carbonyl (C=O) groups excluding carboxylic acids is 1. The molecule has 18 heavy (non-hydrogen) atoms. The highest BCUT2D eigenvalue weighted by Crippen LogP contribution is 2.20. The van der Waals surface area contributed by atoms with Gasteiger partial charge in [0.25, 0.3) is 5.91 Å². The molecule has 1 amide bonds. The fraction of sp³-hybridized carbons (Fsp3) is 0.462. The zero-order valence-electron chi connectivity index (χ0n) is 10.3. The predicted octanol–water partition coefficient (Wildman–Crippen LogP) is 2.20. The summed E-state index contributed by atoms with van der Waals surface area (Å²) in [5.74, 6) is 1.23. The molecule has 0 radical (unpaired) electrons. The van der Waals surface area contributed by atoms with E-state index in [0.717, 1.165) is 25.9 Å². The van der Waals surface area contributed by atoms with Crippen LogP contribution in [0.25, 0.3) is 0 Å². The van der Waals surface area contributed by atoms with Crippen molar-refractivity contribution in [3.05, 3.63) is 36.3 Å². The zero-order chi connectivity index (χ0) is 12.3. The highest BCUT2D eigenvalue weighted by atomic mass is 35.5. The first-order valence-electron chi connectivity index (χ1n) is 5.94. The lowest BCUT2D eigenvalue weighted by molar-refractivity contribution is 0.0705. The summed E-state index contributed by atoms with van der Waals surface area (Å²) in [4.78, 5) is 14.0. The van der Waals surface area contributed by atoms with Gasteiger partial charge in [-0.3, -0.25) is 4.79 Å². The molecule has 5 heteroatoms. The Labute approximate surface area is 113 Å². The third-order valence-electron chi connectivity index (χ3n) is 3.26. The van der Waals surface area contributed by atoms with Gasteiger partial charge in [-0.25, -0.2) is 0 Å². The molecule has 2 heterocycles. The number of nitrogens with two attached hydrogens (primary N) is 1. The topological polar surface area (TPSA) is 59.5 Å². The van der Waals surface area contributed by atoms with Gasteiger partial charge in [0, 0.05) is 13.1 Å². The van der Waals surface area contributed by atoms with Crippen LogP contribution in [0.2, 0.25) is 0 Å². The van der Waals surface area contributed by atoms with Crippen molar-refractivity contribution in [1.82, 2.24) is 4.90 Å². The molecule has 0 unspecified atom stereocenters. The minimum absolute atomic E-state index is 0. The molecular formula is C13H19ClN2O2. The van der Waals surface area contributed by atoms with E-state index >= 15 is 0 Å². The van der Waals surface area contributed by atoms with E-state index in [1.807, 2.05) is 11.0 Å². The number of carbonyl (C=O) groups is 1. The number of likely N-dealkylation sites (tertiary alicyclic amines) is 1. The second-order valence-electron chi connectivity index (χ2n) is 4.37.